The lowest BCUT2D eigenvalue weighted by molar-refractivity contribution is -0.0498. The van der Waals surface area contributed by atoms with Crippen LogP contribution in [0.15, 0.2) is 48.5 Å². The Hall–Kier alpha value is -2.54. The quantitative estimate of drug-likeness (QED) is 0.734. The molecule has 0 aromatic heterocycles. The van der Waals surface area contributed by atoms with Crippen LogP contribution in [0.5, 0.6) is 5.75 Å². The number of thiocarbonyl (C=S) groups is 1. The second-order valence-electron chi connectivity index (χ2n) is 5.32. The number of hydrogen-bond acceptors (Lipinski definition) is 3. The minimum absolute atomic E-state index is 0.0771. The molecule has 7 heteroatoms. The highest BCUT2D eigenvalue weighted by Crippen LogP contribution is 2.22. The van der Waals surface area contributed by atoms with E-state index in [2.05, 4.69) is 10.1 Å². The van der Waals surface area contributed by atoms with Gasteiger partial charge >= 0.3 is 6.61 Å². The third-order valence-electron chi connectivity index (χ3n) is 3.65. The Labute approximate surface area is 150 Å². The zero-order valence-corrected chi connectivity index (χ0v) is 14.4. The minimum atomic E-state index is -2.86. The van der Waals surface area contributed by atoms with Crippen molar-refractivity contribution in [3.63, 3.8) is 0 Å². The lowest BCUT2D eigenvalue weighted by Gasteiger charge is -2.18. The number of rotatable bonds is 7. The first-order chi connectivity index (χ1) is 11.9. The summed E-state index contributed by atoms with van der Waals surface area (Å²) in [5.74, 6) is -0.164. The number of nitrogens with one attached hydrogen (secondary N) is 1. The van der Waals surface area contributed by atoms with Crippen LogP contribution >= 0.6 is 12.2 Å². The van der Waals surface area contributed by atoms with Gasteiger partial charge in [0.05, 0.1) is 6.04 Å². The summed E-state index contributed by atoms with van der Waals surface area (Å²) in [6.45, 7) is -0.943. The average molecular weight is 364 g/mol. The van der Waals surface area contributed by atoms with E-state index in [4.69, 9.17) is 18.0 Å². The van der Waals surface area contributed by atoms with Gasteiger partial charge in [0.1, 0.15) is 10.7 Å². The highest BCUT2D eigenvalue weighted by atomic mass is 32.1. The molecule has 0 aliphatic heterocycles. The van der Waals surface area contributed by atoms with Crippen molar-refractivity contribution in [3.8, 4) is 5.75 Å². The molecule has 2 aromatic rings. The fraction of sp³-hybridized carbons (Fsp3) is 0.222. The van der Waals surface area contributed by atoms with E-state index in [1.54, 1.807) is 36.4 Å². The Balaban J connectivity index is 2.07. The minimum Gasteiger partial charge on any atom is -0.435 e. The molecular formula is C18H18F2N2O2S. The van der Waals surface area contributed by atoms with Crippen molar-refractivity contribution >= 4 is 23.1 Å². The van der Waals surface area contributed by atoms with Gasteiger partial charge in [-0.1, -0.05) is 43.4 Å². The summed E-state index contributed by atoms with van der Waals surface area (Å²) in [5, 5.41) is 2.92. The summed E-state index contributed by atoms with van der Waals surface area (Å²) < 4.78 is 28.7. The van der Waals surface area contributed by atoms with Crippen molar-refractivity contribution in [2.45, 2.75) is 26.0 Å². The first-order valence-corrected chi connectivity index (χ1v) is 8.07. The van der Waals surface area contributed by atoms with Gasteiger partial charge < -0.3 is 15.8 Å². The fourth-order valence-corrected chi connectivity index (χ4v) is 2.47. The zero-order valence-electron chi connectivity index (χ0n) is 13.5. The number of benzene rings is 2. The van der Waals surface area contributed by atoms with Gasteiger partial charge in [-0.25, -0.2) is 0 Å². The number of carbonyl (C=O) groups excluding carboxylic acids is 1. The molecule has 1 unspecified atom stereocenters. The van der Waals surface area contributed by atoms with E-state index in [9.17, 15) is 13.6 Å². The third kappa shape index (κ3) is 5.22. The Bertz CT molecular complexity index is 734. The standard InChI is InChI=1S/C18H18F2N2O2S/c1-2-15(11-7-9-14(10-8-11)24-18(19)20)22-17(23)13-5-3-12(4-6-13)16(21)25/h3-10,15,18H,2H2,1H3,(H2,21,25)(H,22,23). The van der Waals surface area contributed by atoms with Crippen molar-refractivity contribution in [1.82, 2.24) is 5.32 Å². The summed E-state index contributed by atoms with van der Waals surface area (Å²) in [6.07, 6.45) is 0.645. The Morgan fingerprint density at radius 2 is 1.68 bits per heavy atom. The molecule has 3 N–H and O–H groups in total. The summed E-state index contributed by atoms with van der Waals surface area (Å²) in [6, 6.07) is 12.6. The Kier molecular flexibility index (Phi) is 6.41. The van der Waals surface area contributed by atoms with Crippen LogP contribution in [0.2, 0.25) is 0 Å². The number of nitrogens with two attached hydrogens (primary N) is 1. The number of alkyl halides is 2. The van der Waals surface area contributed by atoms with Crippen LogP contribution in [-0.4, -0.2) is 17.5 Å². The molecule has 25 heavy (non-hydrogen) atoms. The van der Waals surface area contributed by atoms with Crippen LogP contribution in [0.1, 0.15) is 40.9 Å². The van der Waals surface area contributed by atoms with Gasteiger partial charge in [0.2, 0.25) is 0 Å². The molecule has 0 heterocycles. The molecule has 4 nitrogen and oxygen atoms in total. The lowest BCUT2D eigenvalue weighted by Crippen LogP contribution is -2.28. The van der Waals surface area contributed by atoms with Gasteiger partial charge in [-0.15, -0.1) is 0 Å². The molecule has 0 aliphatic carbocycles. The van der Waals surface area contributed by atoms with Crippen molar-refractivity contribution < 1.29 is 18.3 Å². The first-order valence-electron chi connectivity index (χ1n) is 7.66. The van der Waals surface area contributed by atoms with E-state index >= 15 is 0 Å². The molecule has 0 radical (unpaired) electrons. The largest absolute Gasteiger partial charge is 0.435 e. The van der Waals surface area contributed by atoms with Gasteiger partial charge in [-0.3, -0.25) is 4.79 Å². The summed E-state index contributed by atoms with van der Waals surface area (Å²) >= 11 is 4.88. The van der Waals surface area contributed by atoms with Crippen molar-refractivity contribution in [2.75, 3.05) is 0 Å². The molecule has 0 spiro atoms. The summed E-state index contributed by atoms with van der Waals surface area (Å²) in [7, 11) is 0. The molecule has 132 valence electrons. The van der Waals surface area contributed by atoms with Gasteiger partial charge in [0.25, 0.3) is 5.91 Å². The SMILES string of the molecule is CCC(NC(=O)c1ccc(C(N)=S)cc1)c1ccc(OC(F)F)cc1. The van der Waals surface area contributed by atoms with Gasteiger partial charge in [0.15, 0.2) is 0 Å². The fourth-order valence-electron chi connectivity index (χ4n) is 2.33. The van der Waals surface area contributed by atoms with Crippen LogP contribution in [-0.2, 0) is 0 Å². The van der Waals surface area contributed by atoms with E-state index in [1.807, 2.05) is 6.92 Å². The van der Waals surface area contributed by atoms with Gasteiger partial charge in [-0.05, 0) is 36.2 Å². The number of halogens is 2. The highest BCUT2D eigenvalue weighted by Gasteiger charge is 2.15. The van der Waals surface area contributed by atoms with Crippen LogP contribution in [0.3, 0.4) is 0 Å². The topological polar surface area (TPSA) is 64.4 Å². The van der Waals surface area contributed by atoms with Crippen LogP contribution in [0, 0.1) is 0 Å². The third-order valence-corrected chi connectivity index (χ3v) is 3.89. The maximum atomic E-state index is 12.4. The van der Waals surface area contributed by atoms with Gasteiger partial charge in [-0.2, -0.15) is 8.78 Å². The number of ether oxygens (including phenoxy) is 1. The van der Waals surface area contributed by atoms with E-state index in [0.717, 1.165) is 5.56 Å². The number of carbonyl (C=O) groups is 1. The Morgan fingerprint density at radius 3 is 2.16 bits per heavy atom. The van der Waals surface area contributed by atoms with E-state index in [0.29, 0.717) is 17.5 Å². The summed E-state index contributed by atoms with van der Waals surface area (Å²) in [5.41, 5.74) is 7.51. The van der Waals surface area contributed by atoms with Crippen LogP contribution in [0.4, 0.5) is 8.78 Å². The molecule has 1 atom stereocenters. The number of amides is 1. The van der Waals surface area contributed by atoms with Crippen LogP contribution < -0.4 is 15.8 Å². The normalized spacial score (nSPS) is 11.8. The molecule has 0 aliphatic rings. The van der Waals surface area contributed by atoms with Crippen molar-refractivity contribution in [3.05, 3.63) is 65.2 Å². The molecule has 2 rings (SSSR count). The molecule has 1 amide bonds. The van der Waals surface area contributed by atoms with Crippen molar-refractivity contribution in [1.29, 1.82) is 0 Å². The Morgan fingerprint density at radius 1 is 1.12 bits per heavy atom. The predicted molar refractivity (Wildman–Crippen MR) is 95.9 cm³/mol. The second-order valence-corrected chi connectivity index (χ2v) is 5.76. The second kappa shape index (κ2) is 8.53. The van der Waals surface area contributed by atoms with Crippen LogP contribution in [0.25, 0.3) is 0 Å². The van der Waals surface area contributed by atoms with E-state index < -0.39 is 6.61 Å². The van der Waals surface area contributed by atoms with E-state index in [1.165, 1.54) is 12.1 Å². The molecule has 0 fully saturated rings. The maximum absolute atomic E-state index is 12.4. The van der Waals surface area contributed by atoms with Gasteiger partial charge in [0, 0.05) is 11.1 Å². The lowest BCUT2D eigenvalue weighted by atomic mass is 10.0. The molecular weight excluding hydrogens is 346 g/mol. The maximum Gasteiger partial charge on any atom is 0.387 e. The number of hydrogen-bond donors (Lipinski definition) is 2. The molecule has 0 saturated carbocycles. The average Bonchev–Trinajstić information content (AvgIpc) is 2.60. The van der Waals surface area contributed by atoms with E-state index in [-0.39, 0.29) is 22.7 Å². The molecule has 0 saturated heterocycles. The first kappa shape index (κ1) is 18.8. The van der Waals surface area contributed by atoms with Crippen molar-refractivity contribution in [2.24, 2.45) is 5.73 Å². The zero-order chi connectivity index (χ0) is 18.4. The molecule has 2 aromatic carbocycles. The highest BCUT2D eigenvalue weighted by molar-refractivity contribution is 7.80. The molecule has 0 bridgehead atoms. The predicted octanol–water partition coefficient (Wildman–Crippen LogP) is 3.80. The summed E-state index contributed by atoms with van der Waals surface area (Å²) in [4.78, 5) is 12.6. The monoisotopic (exact) mass is 364 g/mol. The smallest absolute Gasteiger partial charge is 0.387 e.